The zero-order valence-corrected chi connectivity index (χ0v) is 14.7. The summed E-state index contributed by atoms with van der Waals surface area (Å²) >= 11 is 0. The van der Waals surface area contributed by atoms with Gasteiger partial charge in [-0.3, -0.25) is 0 Å². The van der Waals surface area contributed by atoms with Gasteiger partial charge in [0, 0.05) is 18.1 Å². The summed E-state index contributed by atoms with van der Waals surface area (Å²) in [5.41, 5.74) is -4.16. The zero-order chi connectivity index (χ0) is 22.1. The van der Waals surface area contributed by atoms with E-state index < -0.39 is 40.8 Å². The van der Waals surface area contributed by atoms with E-state index in [1.54, 1.807) is 0 Å². The van der Waals surface area contributed by atoms with Crippen LogP contribution in [0.5, 0.6) is 0 Å². The molecule has 3 aromatic rings. The van der Waals surface area contributed by atoms with Crippen LogP contribution in [0.4, 0.5) is 36.6 Å². The van der Waals surface area contributed by atoms with E-state index in [4.69, 9.17) is 5.26 Å². The number of nitrogens with zero attached hydrogens (tertiary/aromatic N) is 4. The highest BCUT2D eigenvalue weighted by molar-refractivity contribution is 5.58. The molecule has 156 valence electrons. The van der Waals surface area contributed by atoms with Crippen LogP contribution in [0.25, 0.3) is 5.69 Å². The third-order valence-corrected chi connectivity index (χ3v) is 3.96. The van der Waals surface area contributed by atoms with Crippen molar-refractivity contribution >= 4 is 5.82 Å². The molecule has 0 unspecified atom stereocenters. The summed E-state index contributed by atoms with van der Waals surface area (Å²) in [5, 5.41) is 11.4. The third kappa shape index (κ3) is 4.35. The van der Waals surface area contributed by atoms with Crippen LogP contribution < -0.4 is 5.32 Å². The van der Waals surface area contributed by atoms with Crippen LogP contribution in [0.3, 0.4) is 0 Å². The van der Waals surface area contributed by atoms with Gasteiger partial charge in [-0.15, -0.1) is 0 Å². The lowest BCUT2D eigenvalue weighted by Crippen LogP contribution is -2.18. The second-order valence-electron chi connectivity index (χ2n) is 5.93. The summed E-state index contributed by atoms with van der Waals surface area (Å²) < 4.78 is 93.2. The highest BCUT2D eigenvalue weighted by Crippen LogP contribution is 2.38. The van der Waals surface area contributed by atoms with Crippen LogP contribution in [0.1, 0.15) is 22.6 Å². The Kier molecular flexibility index (Phi) is 5.39. The molecule has 0 bridgehead atoms. The molecular weight excluding hydrogens is 419 g/mol. The SMILES string of the molecule is N#Cc1c(C(F)(F)F)cc(C(F)(F)F)nc1NCc1nccn1-c1ccc(F)cc1. The highest BCUT2D eigenvalue weighted by Gasteiger charge is 2.41. The van der Waals surface area contributed by atoms with Gasteiger partial charge >= 0.3 is 12.4 Å². The molecule has 1 N–H and O–H groups in total. The minimum atomic E-state index is -5.20. The first kappa shape index (κ1) is 21.1. The maximum Gasteiger partial charge on any atom is 0.433 e. The molecule has 0 fully saturated rings. The minimum Gasteiger partial charge on any atom is -0.362 e. The Morgan fingerprint density at radius 1 is 1.03 bits per heavy atom. The summed E-state index contributed by atoms with van der Waals surface area (Å²) in [6.45, 7) is -0.356. The van der Waals surface area contributed by atoms with Crippen LogP contribution in [0.2, 0.25) is 0 Å². The molecule has 0 aliphatic carbocycles. The average molecular weight is 429 g/mol. The van der Waals surface area contributed by atoms with Crippen molar-refractivity contribution in [2.45, 2.75) is 18.9 Å². The lowest BCUT2D eigenvalue weighted by molar-refractivity contribution is -0.145. The molecule has 12 heteroatoms. The molecule has 2 aromatic heterocycles. The number of pyridine rings is 1. The number of benzene rings is 1. The van der Waals surface area contributed by atoms with E-state index in [0.717, 1.165) is 0 Å². The Labute approximate surface area is 164 Å². The van der Waals surface area contributed by atoms with Crippen LogP contribution in [-0.2, 0) is 18.9 Å². The Morgan fingerprint density at radius 2 is 1.70 bits per heavy atom. The van der Waals surface area contributed by atoms with E-state index in [0.29, 0.717) is 5.69 Å². The van der Waals surface area contributed by atoms with Crippen molar-refractivity contribution < 1.29 is 30.7 Å². The number of hydrogen-bond acceptors (Lipinski definition) is 4. The first-order valence-electron chi connectivity index (χ1n) is 8.12. The molecule has 1 aromatic carbocycles. The van der Waals surface area contributed by atoms with E-state index in [2.05, 4.69) is 15.3 Å². The number of rotatable bonds is 4. The summed E-state index contributed by atoms with van der Waals surface area (Å²) in [6.07, 6.45) is -7.55. The van der Waals surface area contributed by atoms with Crippen LogP contribution >= 0.6 is 0 Å². The molecule has 0 aliphatic rings. The first-order valence-corrected chi connectivity index (χ1v) is 8.12. The molecule has 30 heavy (non-hydrogen) atoms. The Bertz CT molecular complexity index is 1090. The van der Waals surface area contributed by atoms with Gasteiger partial charge in [0.25, 0.3) is 0 Å². The molecule has 0 spiro atoms. The second-order valence-corrected chi connectivity index (χ2v) is 5.93. The number of anilines is 1. The number of nitriles is 1. The number of imidazole rings is 1. The lowest BCUT2D eigenvalue weighted by atomic mass is 10.1. The maximum absolute atomic E-state index is 13.2. The van der Waals surface area contributed by atoms with Crippen LogP contribution in [0.15, 0.2) is 42.7 Å². The maximum atomic E-state index is 13.2. The van der Waals surface area contributed by atoms with Crippen LogP contribution in [-0.4, -0.2) is 14.5 Å². The summed E-state index contributed by atoms with van der Waals surface area (Å²) in [4.78, 5) is 7.14. The van der Waals surface area contributed by atoms with Gasteiger partial charge in [0.1, 0.15) is 34.8 Å². The summed E-state index contributed by atoms with van der Waals surface area (Å²) in [6, 6.07) is 6.20. The molecule has 5 nitrogen and oxygen atoms in total. The van der Waals surface area contributed by atoms with E-state index in [-0.39, 0.29) is 18.4 Å². The lowest BCUT2D eigenvalue weighted by Gasteiger charge is -2.16. The molecule has 2 heterocycles. The van der Waals surface area contributed by atoms with E-state index in [1.165, 1.54) is 47.3 Å². The fourth-order valence-electron chi connectivity index (χ4n) is 2.62. The van der Waals surface area contributed by atoms with E-state index in [1.807, 2.05) is 0 Å². The Morgan fingerprint density at radius 3 is 2.27 bits per heavy atom. The van der Waals surface area contributed by atoms with Crippen molar-refractivity contribution in [2.24, 2.45) is 0 Å². The van der Waals surface area contributed by atoms with Crippen molar-refractivity contribution in [1.82, 2.24) is 14.5 Å². The van der Waals surface area contributed by atoms with Gasteiger partial charge in [-0.1, -0.05) is 0 Å². The van der Waals surface area contributed by atoms with Gasteiger partial charge in [-0.25, -0.2) is 14.4 Å². The monoisotopic (exact) mass is 429 g/mol. The smallest absolute Gasteiger partial charge is 0.362 e. The van der Waals surface area contributed by atoms with Crippen molar-refractivity contribution in [3.05, 3.63) is 71.2 Å². The van der Waals surface area contributed by atoms with Gasteiger partial charge in [0.05, 0.1) is 12.1 Å². The highest BCUT2D eigenvalue weighted by atomic mass is 19.4. The van der Waals surface area contributed by atoms with Crippen molar-refractivity contribution in [3.8, 4) is 11.8 Å². The zero-order valence-electron chi connectivity index (χ0n) is 14.7. The van der Waals surface area contributed by atoms with E-state index >= 15 is 0 Å². The van der Waals surface area contributed by atoms with Crippen molar-refractivity contribution in [3.63, 3.8) is 0 Å². The molecule has 0 saturated carbocycles. The summed E-state index contributed by atoms with van der Waals surface area (Å²) in [7, 11) is 0. The average Bonchev–Trinajstić information content (AvgIpc) is 3.13. The second kappa shape index (κ2) is 7.66. The van der Waals surface area contributed by atoms with Gasteiger partial charge in [0.2, 0.25) is 0 Å². The molecule has 0 atom stereocenters. The third-order valence-electron chi connectivity index (χ3n) is 3.96. The number of nitrogens with one attached hydrogen (secondary N) is 1. The van der Waals surface area contributed by atoms with E-state index in [9.17, 15) is 30.7 Å². The molecule has 3 rings (SSSR count). The standard InChI is InChI=1S/C18H10F7N5/c19-10-1-3-11(4-2-10)30-6-5-27-15(30)9-28-16-12(8-26)13(17(20,21)22)7-14(29-16)18(23,24)25/h1-7H,9H2,(H,28,29). The van der Waals surface area contributed by atoms with Crippen LogP contribution in [0, 0.1) is 17.1 Å². The normalized spacial score (nSPS) is 11.9. The van der Waals surface area contributed by atoms with Crippen molar-refractivity contribution in [1.29, 1.82) is 5.26 Å². The van der Waals surface area contributed by atoms with Gasteiger partial charge in [-0.2, -0.15) is 31.6 Å². The Hall–Kier alpha value is -3.62. The predicted molar refractivity (Wildman–Crippen MR) is 89.8 cm³/mol. The van der Waals surface area contributed by atoms with Gasteiger partial charge < -0.3 is 9.88 Å². The quantitative estimate of drug-likeness (QED) is 0.598. The number of aromatic nitrogens is 3. The number of alkyl halides is 6. The molecule has 0 radical (unpaired) electrons. The molecule has 0 saturated heterocycles. The topological polar surface area (TPSA) is 66.5 Å². The Balaban J connectivity index is 1.99. The predicted octanol–water partition coefficient (Wildman–Crippen LogP) is 4.93. The summed E-state index contributed by atoms with van der Waals surface area (Å²) in [5.74, 6) is -1.20. The van der Waals surface area contributed by atoms with Crippen molar-refractivity contribution in [2.75, 3.05) is 5.32 Å². The molecule has 0 amide bonds. The first-order chi connectivity index (χ1) is 14.0. The largest absolute Gasteiger partial charge is 0.433 e. The fourth-order valence-corrected chi connectivity index (χ4v) is 2.62. The number of hydrogen-bond donors (Lipinski definition) is 1. The van der Waals surface area contributed by atoms with Gasteiger partial charge in [-0.05, 0) is 30.3 Å². The van der Waals surface area contributed by atoms with Gasteiger partial charge in [0.15, 0.2) is 0 Å². The number of halogens is 7. The molecular formula is C18H10F7N5. The minimum absolute atomic E-state index is 0.179. The fraction of sp³-hybridized carbons (Fsp3) is 0.167. The molecule has 0 aliphatic heterocycles.